The van der Waals surface area contributed by atoms with Gasteiger partial charge in [-0.2, -0.15) is 0 Å². The molecule has 0 saturated heterocycles. The Morgan fingerprint density at radius 3 is 1.49 bits per heavy atom. The van der Waals surface area contributed by atoms with E-state index >= 15 is 0 Å². The molecule has 0 amide bonds. The van der Waals surface area contributed by atoms with E-state index < -0.39 is 0 Å². The van der Waals surface area contributed by atoms with Gasteiger partial charge in [0.15, 0.2) is 0 Å². The maximum atomic E-state index is 7.11. The van der Waals surface area contributed by atoms with Gasteiger partial charge in [-0.15, -0.1) is 0 Å². The minimum atomic E-state index is 0.887. The largest absolute Gasteiger partial charge is 0.455 e. The van der Waals surface area contributed by atoms with Crippen molar-refractivity contribution in [3.63, 3.8) is 0 Å². The summed E-state index contributed by atoms with van der Waals surface area (Å²) >= 11 is 0. The molecule has 0 aliphatic carbocycles. The van der Waals surface area contributed by atoms with Gasteiger partial charge in [-0.1, -0.05) is 206 Å². The van der Waals surface area contributed by atoms with Gasteiger partial charge >= 0.3 is 0 Å². The molecule has 0 radical (unpaired) electrons. The highest BCUT2D eigenvalue weighted by Crippen LogP contribution is 2.47. The van der Waals surface area contributed by atoms with Crippen molar-refractivity contribution in [2.24, 2.45) is 0 Å². The summed E-state index contributed by atoms with van der Waals surface area (Å²) in [4.78, 5) is 0. The lowest BCUT2D eigenvalue weighted by Gasteiger charge is -2.17. The van der Waals surface area contributed by atoms with Crippen LogP contribution < -0.4 is 0 Å². The third-order valence-corrected chi connectivity index (χ3v) is 15.0. The summed E-state index contributed by atoms with van der Waals surface area (Å²) < 4.78 is 7.11. The van der Waals surface area contributed by atoms with E-state index in [2.05, 4.69) is 243 Å². The summed E-state index contributed by atoms with van der Waals surface area (Å²) in [5, 5.41) is 19.8. The fourth-order valence-corrected chi connectivity index (χ4v) is 11.7. The first-order valence-corrected chi connectivity index (χ1v) is 23.9. The normalized spacial score (nSPS) is 12.1. The molecule has 1 nitrogen and oxygen atoms in total. The minimum absolute atomic E-state index is 0.887. The Morgan fingerprint density at radius 2 is 0.754 bits per heavy atom. The standard InChI is InChI=1S/C68H40O/c1-3-11-41(12-4-1)48-24-25-49-36-61-63-39-52(38-62(68(63)69-64(61)40-51(49)35-48)60-37-50-26-23-44-15-7-8-16-55(44)65(50)57-18-10-9-17-56(57)60)42-19-21-45(22-20-42)54-32-28-47-29-33-58-53(43-13-5-2-6-14-43)31-27-46-30-34-59(54)67(47)66(46)58/h1-40H. The van der Waals surface area contributed by atoms with Crippen LogP contribution in [0.15, 0.2) is 247 Å². The first kappa shape index (κ1) is 38.1. The molecule has 0 unspecified atom stereocenters. The molecular weight excluding hydrogens is 833 g/mol. The van der Waals surface area contributed by atoms with Crippen LogP contribution in [-0.4, -0.2) is 0 Å². The minimum Gasteiger partial charge on any atom is -0.455 e. The van der Waals surface area contributed by atoms with Crippen LogP contribution in [0.1, 0.15) is 0 Å². The van der Waals surface area contributed by atoms with Crippen LogP contribution in [0.5, 0.6) is 0 Å². The van der Waals surface area contributed by atoms with E-state index in [4.69, 9.17) is 4.42 Å². The van der Waals surface area contributed by atoms with Crippen LogP contribution in [0.2, 0.25) is 0 Å². The molecule has 15 rings (SSSR count). The van der Waals surface area contributed by atoms with Gasteiger partial charge in [-0.25, -0.2) is 0 Å². The van der Waals surface area contributed by atoms with Crippen molar-refractivity contribution in [2.75, 3.05) is 0 Å². The van der Waals surface area contributed by atoms with E-state index in [-0.39, 0.29) is 0 Å². The highest BCUT2D eigenvalue weighted by atomic mass is 16.3. The molecule has 318 valence electrons. The smallest absolute Gasteiger partial charge is 0.143 e. The van der Waals surface area contributed by atoms with E-state index in [1.165, 1.54) is 103 Å². The quantitative estimate of drug-likeness (QED) is 0.157. The SMILES string of the molecule is c1ccc(-c2ccc3cc4c(cc3c2)oc2c(-c3cc5ccc6ccccc6c5c5ccccc35)cc(-c3ccc(-c5ccc6ccc7c(-c8ccccc8)ccc8ccc5c6c87)cc3)cc24)cc1. The zero-order chi connectivity index (χ0) is 45.2. The van der Waals surface area contributed by atoms with Crippen molar-refractivity contribution in [2.45, 2.75) is 0 Å². The number of hydrogen-bond acceptors (Lipinski definition) is 1. The molecule has 0 bridgehead atoms. The van der Waals surface area contributed by atoms with Crippen LogP contribution in [0, 0.1) is 0 Å². The lowest BCUT2D eigenvalue weighted by molar-refractivity contribution is 0.670. The van der Waals surface area contributed by atoms with Gasteiger partial charge in [0.25, 0.3) is 0 Å². The second-order valence-corrected chi connectivity index (χ2v) is 18.7. The van der Waals surface area contributed by atoms with E-state index in [0.717, 1.165) is 49.6 Å². The second kappa shape index (κ2) is 14.7. The number of benzene rings is 14. The van der Waals surface area contributed by atoms with Crippen molar-refractivity contribution in [1.82, 2.24) is 0 Å². The zero-order valence-corrected chi connectivity index (χ0v) is 37.5. The lowest BCUT2D eigenvalue weighted by atomic mass is 9.87. The van der Waals surface area contributed by atoms with Crippen molar-refractivity contribution < 1.29 is 4.42 Å². The van der Waals surface area contributed by atoms with Crippen molar-refractivity contribution in [1.29, 1.82) is 0 Å². The molecule has 15 aromatic rings. The summed E-state index contributed by atoms with van der Waals surface area (Å²) in [6.07, 6.45) is 0. The summed E-state index contributed by atoms with van der Waals surface area (Å²) in [6, 6.07) is 89.6. The topological polar surface area (TPSA) is 13.1 Å². The molecule has 14 aromatic carbocycles. The lowest BCUT2D eigenvalue weighted by Crippen LogP contribution is -1.90. The van der Waals surface area contributed by atoms with Crippen LogP contribution in [0.3, 0.4) is 0 Å². The predicted octanol–water partition coefficient (Wildman–Crippen LogP) is 19.4. The molecule has 0 aliphatic rings. The molecule has 0 aliphatic heterocycles. The molecular formula is C68H40O. The van der Waals surface area contributed by atoms with Gasteiger partial charge in [0.05, 0.1) is 0 Å². The second-order valence-electron chi connectivity index (χ2n) is 18.7. The molecule has 0 atom stereocenters. The highest BCUT2D eigenvalue weighted by molar-refractivity contribution is 6.28. The van der Waals surface area contributed by atoms with Crippen LogP contribution in [0.4, 0.5) is 0 Å². The number of rotatable bonds is 5. The van der Waals surface area contributed by atoms with Crippen LogP contribution >= 0.6 is 0 Å². The maximum Gasteiger partial charge on any atom is 0.143 e. The Morgan fingerprint density at radius 1 is 0.203 bits per heavy atom. The van der Waals surface area contributed by atoms with Gasteiger partial charge in [0.2, 0.25) is 0 Å². The number of fused-ring (bicyclic) bond motifs is 9. The molecule has 0 N–H and O–H groups in total. The Kier molecular flexibility index (Phi) is 8.13. The van der Waals surface area contributed by atoms with E-state index in [9.17, 15) is 0 Å². The number of hydrogen-bond donors (Lipinski definition) is 0. The Labute approximate surface area is 398 Å². The van der Waals surface area contributed by atoms with Gasteiger partial charge in [0.1, 0.15) is 11.2 Å². The van der Waals surface area contributed by atoms with Crippen LogP contribution in [-0.2, 0) is 0 Å². The van der Waals surface area contributed by atoms with Crippen molar-refractivity contribution in [3.05, 3.63) is 243 Å². The summed E-state index contributed by atoms with van der Waals surface area (Å²) in [5.41, 5.74) is 13.7. The van der Waals surface area contributed by atoms with Crippen molar-refractivity contribution in [3.8, 4) is 55.6 Å². The fraction of sp³-hybridized carbons (Fsp3) is 0. The molecule has 1 heterocycles. The molecule has 0 saturated carbocycles. The van der Waals surface area contributed by atoms with E-state index in [0.29, 0.717) is 0 Å². The molecule has 0 spiro atoms. The zero-order valence-electron chi connectivity index (χ0n) is 37.5. The molecule has 69 heavy (non-hydrogen) atoms. The fourth-order valence-electron chi connectivity index (χ4n) is 11.7. The first-order valence-electron chi connectivity index (χ1n) is 23.9. The Bertz CT molecular complexity index is 4560. The Balaban J connectivity index is 0.929. The number of furan rings is 1. The maximum absolute atomic E-state index is 7.11. The van der Waals surface area contributed by atoms with Gasteiger partial charge in [-0.3, -0.25) is 0 Å². The van der Waals surface area contributed by atoms with E-state index in [1.807, 2.05) is 0 Å². The molecule has 1 aromatic heterocycles. The van der Waals surface area contributed by atoms with Gasteiger partial charge in [0, 0.05) is 16.3 Å². The molecule has 1 heteroatoms. The highest BCUT2D eigenvalue weighted by Gasteiger charge is 2.21. The third-order valence-electron chi connectivity index (χ3n) is 15.0. The average Bonchev–Trinajstić information content (AvgIpc) is 3.78. The summed E-state index contributed by atoms with van der Waals surface area (Å²) in [5.74, 6) is 0. The molecule has 0 fully saturated rings. The first-order chi connectivity index (χ1) is 34.2. The monoisotopic (exact) mass is 872 g/mol. The van der Waals surface area contributed by atoms with E-state index in [1.54, 1.807) is 0 Å². The van der Waals surface area contributed by atoms with Gasteiger partial charge in [-0.05, 0) is 162 Å². The third kappa shape index (κ3) is 5.84. The summed E-state index contributed by atoms with van der Waals surface area (Å²) in [6.45, 7) is 0. The Hall–Kier alpha value is -9.04. The van der Waals surface area contributed by atoms with Crippen molar-refractivity contribution >= 4 is 97.3 Å². The van der Waals surface area contributed by atoms with Crippen LogP contribution in [0.25, 0.3) is 153 Å². The predicted molar refractivity (Wildman–Crippen MR) is 295 cm³/mol. The average molecular weight is 873 g/mol. The van der Waals surface area contributed by atoms with Gasteiger partial charge < -0.3 is 4.42 Å². The summed E-state index contributed by atoms with van der Waals surface area (Å²) in [7, 11) is 0.